The molecule has 0 saturated carbocycles. The number of benzene rings is 2. The lowest BCUT2D eigenvalue weighted by atomic mass is 10.1. The molecule has 0 spiro atoms. The van der Waals surface area contributed by atoms with E-state index in [1.165, 1.54) is 0 Å². The van der Waals surface area contributed by atoms with Crippen molar-refractivity contribution < 1.29 is 19.4 Å². The molecule has 162 valence electrons. The molecule has 0 aromatic heterocycles. The lowest BCUT2D eigenvalue weighted by Crippen LogP contribution is -2.43. The molecule has 3 N–H and O–H groups in total. The average Bonchev–Trinajstić information content (AvgIpc) is 2.70. The number of unbranched alkanes of at least 4 members (excludes halogenated alkanes) is 1. The maximum Gasteiger partial charge on any atom is 0.405 e. The van der Waals surface area contributed by atoms with E-state index in [1.54, 1.807) is 12.1 Å². The Morgan fingerprint density at radius 2 is 1.80 bits per heavy atom. The van der Waals surface area contributed by atoms with Gasteiger partial charge < -0.3 is 25.4 Å². The van der Waals surface area contributed by atoms with E-state index in [0.717, 1.165) is 35.2 Å². The molecule has 0 fully saturated rings. The van der Waals surface area contributed by atoms with E-state index in [2.05, 4.69) is 31.5 Å². The number of nitrogens with one attached hydrogen (secondary N) is 2. The van der Waals surface area contributed by atoms with Crippen LogP contribution >= 0.6 is 15.9 Å². The van der Waals surface area contributed by atoms with E-state index in [4.69, 9.17) is 9.84 Å². The molecule has 30 heavy (non-hydrogen) atoms. The van der Waals surface area contributed by atoms with Gasteiger partial charge in [-0.15, -0.1) is 0 Å². The van der Waals surface area contributed by atoms with E-state index in [1.807, 2.05) is 50.5 Å². The van der Waals surface area contributed by atoms with Crippen molar-refractivity contribution in [2.45, 2.75) is 31.9 Å². The van der Waals surface area contributed by atoms with Crippen LogP contribution < -0.4 is 15.4 Å². The summed E-state index contributed by atoms with van der Waals surface area (Å²) in [7, 11) is 3.96. The van der Waals surface area contributed by atoms with Gasteiger partial charge >= 0.3 is 6.09 Å². The summed E-state index contributed by atoms with van der Waals surface area (Å²) < 4.78 is 6.67. The van der Waals surface area contributed by atoms with Crippen LogP contribution in [0.1, 0.15) is 24.8 Å². The van der Waals surface area contributed by atoms with Gasteiger partial charge in [0.25, 0.3) is 0 Å². The molecular formula is C22H28BrN3O4. The fourth-order valence-corrected chi connectivity index (χ4v) is 3.23. The van der Waals surface area contributed by atoms with Crippen molar-refractivity contribution in [3.8, 4) is 5.75 Å². The summed E-state index contributed by atoms with van der Waals surface area (Å²) in [4.78, 5) is 25.6. The molecule has 2 rings (SSSR count). The number of hydrogen-bond donors (Lipinski definition) is 3. The highest BCUT2D eigenvalue weighted by Crippen LogP contribution is 2.24. The summed E-state index contributed by atoms with van der Waals surface area (Å²) in [5, 5.41) is 14.1. The molecule has 2 aromatic carbocycles. The lowest BCUT2D eigenvalue weighted by Gasteiger charge is -2.17. The normalized spacial score (nSPS) is 11.7. The Hall–Kier alpha value is -2.58. The van der Waals surface area contributed by atoms with Crippen molar-refractivity contribution in [1.29, 1.82) is 0 Å². The smallest absolute Gasteiger partial charge is 0.405 e. The minimum Gasteiger partial charge on any atom is -0.488 e. The number of carbonyl (C=O) groups is 2. The van der Waals surface area contributed by atoms with Crippen LogP contribution in [0.25, 0.3) is 0 Å². The minimum atomic E-state index is -1.21. The van der Waals surface area contributed by atoms with Gasteiger partial charge in [0, 0.05) is 5.69 Å². The molecule has 8 heteroatoms. The van der Waals surface area contributed by atoms with Gasteiger partial charge in [-0.05, 0) is 85.7 Å². The van der Waals surface area contributed by atoms with Crippen LogP contribution in [-0.4, -0.2) is 48.7 Å². The molecule has 0 aliphatic rings. The molecule has 1 atom stereocenters. The molecule has 0 radical (unpaired) electrons. The number of para-hydroxylation sites is 1. The third-order valence-corrected chi connectivity index (χ3v) is 5.07. The molecule has 0 saturated heterocycles. The quantitative estimate of drug-likeness (QED) is 0.418. The van der Waals surface area contributed by atoms with Crippen LogP contribution in [-0.2, 0) is 11.4 Å². The van der Waals surface area contributed by atoms with Gasteiger partial charge in [-0.2, -0.15) is 0 Å². The van der Waals surface area contributed by atoms with E-state index in [9.17, 15) is 9.59 Å². The Kier molecular flexibility index (Phi) is 9.63. The number of nitrogens with zero attached hydrogens (tertiary/aromatic N) is 1. The van der Waals surface area contributed by atoms with E-state index >= 15 is 0 Å². The second-order valence-electron chi connectivity index (χ2n) is 7.21. The monoisotopic (exact) mass is 477 g/mol. The van der Waals surface area contributed by atoms with Crippen molar-refractivity contribution in [2.24, 2.45) is 0 Å². The van der Waals surface area contributed by atoms with Gasteiger partial charge in [-0.1, -0.05) is 24.3 Å². The predicted octanol–water partition coefficient (Wildman–Crippen LogP) is 4.33. The third kappa shape index (κ3) is 8.42. The second-order valence-corrected chi connectivity index (χ2v) is 8.06. The van der Waals surface area contributed by atoms with E-state index in [0.29, 0.717) is 18.7 Å². The number of anilines is 1. The Bertz CT molecular complexity index is 827. The maximum absolute atomic E-state index is 12.5. The zero-order chi connectivity index (χ0) is 21.9. The number of ether oxygens (including phenoxy) is 1. The predicted molar refractivity (Wildman–Crippen MR) is 121 cm³/mol. The van der Waals surface area contributed by atoms with Crippen molar-refractivity contribution in [3.63, 3.8) is 0 Å². The third-order valence-electron chi connectivity index (χ3n) is 4.41. The molecule has 2 amide bonds. The Balaban J connectivity index is 1.88. The van der Waals surface area contributed by atoms with E-state index in [-0.39, 0.29) is 5.91 Å². The highest BCUT2D eigenvalue weighted by Gasteiger charge is 2.20. The number of carboxylic acid groups (broad SMARTS) is 1. The van der Waals surface area contributed by atoms with Crippen LogP contribution in [0, 0.1) is 0 Å². The minimum absolute atomic E-state index is 0.362. The summed E-state index contributed by atoms with van der Waals surface area (Å²) in [6.45, 7) is 1.29. The highest BCUT2D eigenvalue weighted by molar-refractivity contribution is 9.10. The first-order valence-corrected chi connectivity index (χ1v) is 10.6. The molecule has 2 aromatic rings. The van der Waals surface area contributed by atoms with E-state index < -0.39 is 12.1 Å². The Morgan fingerprint density at radius 3 is 2.43 bits per heavy atom. The van der Waals surface area contributed by atoms with Crippen molar-refractivity contribution in [1.82, 2.24) is 10.2 Å². The van der Waals surface area contributed by atoms with Gasteiger partial charge in [-0.3, -0.25) is 4.79 Å². The molecule has 0 unspecified atom stereocenters. The Morgan fingerprint density at radius 1 is 1.10 bits per heavy atom. The first-order valence-electron chi connectivity index (χ1n) is 9.76. The topological polar surface area (TPSA) is 90.9 Å². The van der Waals surface area contributed by atoms with Crippen molar-refractivity contribution in [2.75, 3.05) is 26.0 Å². The number of hydrogen-bond acceptors (Lipinski definition) is 4. The van der Waals surface area contributed by atoms with Gasteiger partial charge in [0.15, 0.2) is 0 Å². The van der Waals surface area contributed by atoms with Gasteiger partial charge in [0.1, 0.15) is 18.4 Å². The second kappa shape index (κ2) is 12.2. The van der Waals surface area contributed by atoms with Crippen LogP contribution in [0.2, 0.25) is 0 Å². The summed E-state index contributed by atoms with van der Waals surface area (Å²) in [5.74, 6) is 0.395. The average molecular weight is 478 g/mol. The van der Waals surface area contributed by atoms with Crippen LogP contribution in [0.4, 0.5) is 10.5 Å². The first-order chi connectivity index (χ1) is 14.3. The summed E-state index contributed by atoms with van der Waals surface area (Å²) in [6.07, 6.45) is 0.887. The van der Waals surface area contributed by atoms with Crippen LogP contribution in [0.5, 0.6) is 5.75 Å². The molecule has 0 aliphatic carbocycles. The summed E-state index contributed by atoms with van der Waals surface area (Å²) >= 11 is 3.45. The Labute approximate surface area is 185 Å². The van der Waals surface area contributed by atoms with Crippen molar-refractivity contribution in [3.05, 3.63) is 58.6 Å². The maximum atomic E-state index is 12.5. The molecule has 0 bridgehead atoms. The molecule has 0 heterocycles. The number of halogens is 1. The highest BCUT2D eigenvalue weighted by atomic mass is 79.9. The SMILES string of the molecule is CN(C)CCCC[C@H](NC(=O)O)C(=O)Nc1ccc(COc2ccccc2Br)cc1. The first kappa shape index (κ1) is 23.7. The lowest BCUT2D eigenvalue weighted by molar-refractivity contribution is -0.118. The van der Waals surface area contributed by atoms with Crippen molar-refractivity contribution >= 4 is 33.6 Å². The fourth-order valence-electron chi connectivity index (χ4n) is 2.83. The molecular weight excluding hydrogens is 450 g/mol. The number of rotatable bonds is 11. The van der Waals surface area contributed by atoms with Gasteiger partial charge in [0.05, 0.1) is 4.47 Å². The summed E-state index contributed by atoms with van der Waals surface area (Å²) in [5.41, 5.74) is 1.56. The summed E-state index contributed by atoms with van der Waals surface area (Å²) in [6, 6.07) is 14.1. The molecule has 0 aliphatic heterocycles. The van der Waals surface area contributed by atoms with Gasteiger partial charge in [-0.25, -0.2) is 4.79 Å². The molecule has 7 nitrogen and oxygen atoms in total. The largest absolute Gasteiger partial charge is 0.488 e. The number of amides is 2. The number of carbonyl (C=O) groups excluding carboxylic acids is 1. The zero-order valence-corrected chi connectivity index (χ0v) is 18.8. The van der Waals surface area contributed by atoms with Gasteiger partial charge in [0.2, 0.25) is 5.91 Å². The standard InChI is InChI=1S/C22H28BrN3O4/c1-26(2)14-6-5-8-19(25-22(28)29)21(27)24-17-12-10-16(11-13-17)15-30-20-9-4-3-7-18(20)23/h3-4,7,9-13,19,25H,5-6,8,14-15H2,1-2H3,(H,24,27)(H,28,29)/t19-/m0/s1. The zero-order valence-electron chi connectivity index (χ0n) is 17.2. The van der Waals surface area contributed by atoms with Crippen LogP contribution in [0.3, 0.4) is 0 Å². The van der Waals surface area contributed by atoms with Crippen LogP contribution in [0.15, 0.2) is 53.0 Å². The fraction of sp³-hybridized carbons (Fsp3) is 0.364.